The van der Waals surface area contributed by atoms with E-state index in [0.29, 0.717) is 16.5 Å². The lowest BCUT2D eigenvalue weighted by atomic mass is 9.98. The van der Waals surface area contributed by atoms with Crippen molar-refractivity contribution in [3.8, 4) is 0 Å². The van der Waals surface area contributed by atoms with Gasteiger partial charge in [-0.05, 0) is 49.8 Å². The van der Waals surface area contributed by atoms with E-state index in [0.717, 1.165) is 44.1 Å². The number of aryl methyl sites for hydroxylation is 1. The maximum Gasteiger partial charge on any atom is 0.309 e. The maximum absolute atomic E-state index is 11.6. The fourth-order valence-electron chi connectivity index (χ4n) is 3.04. The molecule has 1 heterocycles. The van der Waals surface area contributed by atoms with Gasteiger partial charge in [0.05, 0.1) is 12.3 Å². The van der Waals surface area contributed by atoms with Gasteiger partial charge in [0.25, 0.3) is 0 Å². The maximum atomic E-state index is 11.6. The van der Waals surface area contributed by atoms with Crippen molar-refractivity contribution in [2.75, 3.05) is 0 Å². The summed E-state index contributed by atoms with van der Waals surface area (Å²) in [5, 5.41) is 10.1. The van der Waals surface area contributed by atoms with E-state index < -0.39 is 11.9 Å². The molecule has 132 valence electrons. The number of unbranched alkanes of at least 4 members (excludes halogenated alkanes) is 3. The molecule has 1 aromatic carbocycles. The molecule has 2 unspecified atom stereocenters. The molecule has 1 saturated heterocycles. The number of hydrogen-bond acceptors (Lipinski definition) is 3. The minimum Gasteiger partial charge on any atom is -0.481 e. The molecule has 4 nitrogen and oxygen atoms in total. The number of carboxylic acids is 1. The Kier molecular flexibility index (Phi) is 7.38. The summed E-state index contributed by atoms with van der Waals surface area (Å²) in [5.74, 6) is -1.78. The van der Waals surface area contributed by atoms with Crippen LogP contribution in [0.4, 0.5) is 0 Å². The van der Waals surface area contributed by atoms with Gasteiger partial charge in [-0.25, -0.2) is 0 Å². The Labute approximate surface area is 152 Å². The average Bonchev–Trinajstić information content (AvgIpc) is 2.84. The zero-order chi connectivity index (χ0) is 17.5. The summed E-state index contributed by atoms with van der Waals surface area (Å²) < 4.78 is 5.25. The van der Waals surface area contributed by atoms with Crippen LogP contribution in [0.1, 0.15) is 50.5 Å². The number of carbonyl (C=O) groups is 2. The molecule has 24 heavy (non-hydrogen) atoms. The van der Waals surface area contributed by atoms with E-state index in [9.17, 15) is 9.59 Å². The van der Waals surface area contributed by atoms with Crippen LogP contribution >= 0.6 is 23.2 Å². The Morgan fingerprint density at radius 1 is 1.21 bits per heavy atom. The van der Waals surface area contributed by atoms with Crippen LogP contribution in [0.3, 0.4) is 0 Å². The smallest absolute Gasteiger partial charge is 0.309 e. The lowest BCUT2D eigenvalue weighted by molar-refractivity contribution is -0.148. The van der Waals surface area contributed by atoms with E-state index in [-0.39, 0.29) is 18.5 Å². The first-order valence-corrected chi connectivity index (χ1v) is 9.07. The van der Waals surface area contributed by atoms with Crippen LogP contribution in [0.5, 0.6) is 0 Å². The van der Waals surface area contributed by atoms with Gasteiger partial charge < -0.3 is 9.84 Å². The van der Waals surface area contributed by atoms with Crippen molar-refractivity contribution in [1.82, 2.24) is 0 Å². The molecular formula is C18H22Cl2O4. The molecule has 0 aliphatic carbocycles. The van der Waals surface area contributed by atoms with Crippen LogP contribution in [0, 0.1) is 5.92 Å². The molecule has 2 rings (SSSR count). The Hall–Kier alpha value is -1.26. The van der Waals surface area contributed by atoms with Crippen LogP contribution in [-0.4, -0.2) is 23.1 Å². The molecular weight excluding hydrogens is 351 g/mol. The highest BCUT2D eigenvalue weighted by atomic mass is 35.5. The zero-order valence-electron chi connectivity index (χ0n) is 13.5. The highest BCUT2D eigenvalue weighted by molar-refractivity contribution is 6.35. The molecule has 1 fully saturated rings. The molecule has 1 aliphatic heterocycles. The molecule has 6 heteroatoms. The van der Waals surface area contributed by atoms with Crippen molar-refractivity contribution in [3.63, 3.8) is 0 Å². The van der Waals surface area contributed by atoms with Crippen molar-refractivity contribution in [2.45, 2.75) is 57.5 Å². The first kappa shape index (κ1) is 19.1. The third-order valence-corrected chi connectivity index (χ3v) is 4.91. The second-order valence-electron chi connectivity index (χ2n) is 6.28. The van der Waals surface area contributed by atoms with Gasteiger partial charge >= 0.3 is 11.9 Å². The van der Waals surface area contributed by atoms with Crippen molar-refractivity contribution < 1.29 is 19.4 Å². The molecule has 0 amide bonds. The minimum atomic E-state index is -0.946. The van der Waals surface area contributed by atoms with E-state index in [1.54, 1.807) is 6.07 Å². The fourth-order valence-corrected chi connectivity index (χ4v) is 3.54. The van der Waals surface area contributed by atoms with Crippen LogP contribution in [0.15, 0.2) is 18.2 Å². The lowest BCUT2D eigenvalue weighted by Gasteiger charge is -2.09. The van der Waals surface area contributed by atoms with Crippen molar-refractivity contribution >= 4 is 35.1 Å². The second-order valence-corrected chi connectivity index (χ2v) is 7.12. The van der Waals surface area contributed by atoms with Gasteiger partial charge in [0.15, 0.2) is 0 Å². The van der Waals surface area contributed by atoms with Crippen molar-refractivity contribution in [3.05, 3.63) is 33.8 Å². The number of hydrogen-bond donors (Lipinski definition) is 1. The summed E-state index contributed by atoms with van der Waals surface area (Å²) in [4.78, 5) is 22.2. The normalized spacial score (nSPS) is 20.2. The molecule has 1 aliphatic rings. The van der Waals surface area contributed by atoms with Crippen LogP contribution in [-0.2, 0) is 20.7 Å². The molecule has 1 aromatic rings. The number of ether oxygens (including phenoxy) is 1. The van der Waals surface area contributed by atoms with Gasteiger partial charge in [0, 0.05) is 10.0 Å². The zero-order valence-corrected chi connectivity index (χ0v) is 15.0. The SMILES string of the molecule is O=C(O)CC1CC(CCCCCCc2ccc(Cl)cc2Cl)OC1=O. The van der Waals surface area contributed by atoms with Crippen LogP contribution < -0.4 is 0 Å². The predicted octanol–water partition coefficient (Wildman–Crippen LogP) is 4.89. The van der Waals surface area contributed by atoms with Crippen molar-refractivity contribution in [1.29, 1.82) is 0 Å². The molecule has 0 saturated carbocycles. The summed E-state index contributed by atoms with van der Waals surface area (Å²) in [6.45, 7) is 0. The van der Waals surface area contributed by atoms with E-state index >= 15 is 0 Å². The number of rotatable bonds is 9. The van der Waals surface area contributed by atoms with Crippen LogP contribution in [0.25, 0.3) is 0 Å². The number of benzene rings is 1. The first-order valence-electron chi connectivity index (χ1n) is 8.32. The third kappa shape index (κ3) is 5.99. The Morgan fingerprint density at radius 3 is 2.67 bits per heavy atom. The van der Waals surface area contributed by atoms with Gasteiger partial charge in [-0.1, -0.05) is 42.1 Å². The Morgan fingerprint density at radius 2 is 1.96 bits per heavy atom. The van der Waals surface area contributed by atoms with Gasteiger partial charge in [0.1, 0.15) is 6.10 Å². The van der Waals surface area contributed by atoms with Crippen molar-refractivity contribution in [2.24, 2.45) is 5.92 Å². The van der Waals surface area contributed by atoms with E-state index in [4.69, 9.17) is 33.0 Å². The minimum absolute atomic E-state index is 0.118. The molecule has 0 bridgehead atoms. The summed E-state index contributed by atoms with van der Waals surface area (Å²) in [6, 6.07) is 5.58. The van der Waals surface area contributed by atoms with E-state index in [1.807, 2.05) is 12.1 Å². The predicted molar refractivity (Wildman–Crippen MR) is 93.5 cm³/mol. The molecule has 2 atom stereocenters. The number of aliphatic carboxylic acids is 1. The highest BCUT2D eigenvalue weighted by Gasteiger charge is 2.35. The quantitative estimate of drug-likeness (QED) is 0.494. The van der Waals surface area contributed by atoms with Gasteiger partial charge in [-0.15, -0.1) is 0 Å². The third-order valence-electron chi connectivity index (χ3n) is 4.32. The topological polar surface area (TPSA) is 63.6 Å². The number of esters is 1. The largest absolute Gasteiger partial charge is 0.481 e. The lowest BCUT2D eigenvalue weighted by Crippen LogP contribution is -2.12. The monoisotopic (exact) mass is 372 g/mol. The Bertz CT molecular complexity index is 588. The fraction of sp³-hybridized carbons (Fsp3) is 0.556. The van der Waals surface area contributed by atoms with E-state index in [2.05, 4.69) is 0 Å². The van der Waals surface area contributed by atoms with E-state index in [1.165, 1.54) is 0 Å². The highest BCUT2D eigenvalue weighted by Crippen LogP contribution is 2.28. The summed E-state index contributed by atoms with van der Waals surface area (Å²) in [7, 11) is 0. The number of halogens is 2. The second kappa shape index (κ2) is 9.28. The standard InChI is InChI=1S/C18H22Cl2O4/c19-14-8-7-12(16(20)11-14)5-3-1-2-4-6-15-9-13(10-17(21)22)18(23)24-15/h7-8,11,13,15H,1-6,9-10H2,(H,21,22). The molecule has 1 N–H and O–H groups in total. The summed E-state index contributed by atoms with van der Waals surface area (Å²) >= 11 is 12.0. The summed E-state index contributed by atoms with van der Waals surface area (Å²) in [6.07, 6.45) is 6.19. The van der Waals surface area contributed by atoms with Gasteiger partial charge in [-0.2, -0.15) is 0 Å². The first-order chi connectivity index (χ1) is 11.5. The number of carboxylic acid groups (broad SMARTS) is 1. The van der Waals surface area contributed by atoms with Crippen LogP contribution in [0.2, 0.25) is 10.0 Å². The molecule has 0 spiro atoms. The number of cyclic esters (lactones) is 1. The molecule has 0 aromatic heterocycles. The molecule has 0 radical (unpaired) electrons. The number of carbonyl (C=O) groups excluding carboxylic acids is 1. The Balaban J connectivity index is 1.59. The van der Waals surface area contributed by atoms with Gasteiger partial charge in [-0.3, -0.25) is 9.59 Å². The summed E-state index contributed by atoms with van der Waals surface area (Å²) in [5.41, 5.74) is 1.11. The average molecular weight is 373 g/mol. The van der Waals surface area contributed by atoms with Gasteiger partial charge in [0.2, 0.25) is 0 Å².